The lowest BCUT2D eigenvalue weighted by molar-refractivity contribution is -0.160. The number of piperazine rings is 1. The molecule has 5 bridgehead atoms. The zero-order valence-corrected chi connectivity index (χ0v) is 37.0. The number of rotatable bonds is 5. The second kappa shape index (κ2) is 18.7. The van der Waals surface area contributed by atoms with Crippen molar-refractivity contribution in [3.63, 3.8) is 0 Å². The first-order valence-electron chi connectivity index (χ1n) is 21.4. The van der Waals surface area contributed by atoms with Crippen LogP contribution >= 0.6 is 0 Å². The molecule has 16 heteroatoms. The standard InChI is InChI=1S/C46H62N4O12/c1-23-12-10-13-24(2)45(58)48-36-31(22-47-50-19-17-49(18-20-50)30-14-11-15-30)40(55)33-34(41(36)56)39(54)28(6)43-35(33)44(57)46(8,62-43)60-21-16-32(59-9)25(3)42(61-29(7)51)27(5)38(53)26(4)37(23)52/h10,12-13,16,21-23,25-27,30,32,37-38,42,52-56H,11,14-15,17-20H2,1-9H3,(H,48,58)/b12-10+,21-16+,24-13+,47-22-. The minimum Gasteiger partial charge on any atom is -0.507 e. The van der Waals surface area contributed by atoms with E-state index in [1.54, 1.807) is 39.8 Å². The van der Waals surface area contributed by atoms with Gasteiger partial charge in [-0.2, -0.15) is 5.10 Å². The van der Waals surface area contributed by atoms with Crippen molar-refractivity contribution >= 4 is 40.3 Å². The van der Waals surface area contributed by atoms with Crippen LogP contribution in [-0.2, 0) is 23.8 Å². The third-order valence-corrected chi connectivity index (χ3v) is 13.3. The fourth-order valence-electron chi connectivity index (χ4n) is 8.96. The average molecular weight is 863 g/mol. The topological polar surface area (TPSA) is 220 Å². The number of methoxy groups -OCH3 is 1. The predicted molar refractivity (Wildman–Crippen MR) is 232 cm³/mol. The minimum atomic E-state index is -2.04. The van der Waals surface area contributed by atoms with Crippen molar-refractivity contribution in [3.8, 4) is 23.0 Å². The Morgan fingerprint density at radius 2 is 1.61 bits per heavy atom. The molecule has 16 nitrogen and oxygen atoms in total. The normalized spacial score (nSPS) is 32.5. The van der Waals surface area contributed by atoms with E-state index >= 15 is 0 Å². The molecule has 1 saturated heterocycles. The Morgan fingerprint density at radius 3 is 2.23 bits per heavy atom. The first-order chi connectivity index (χ1) is 29.3. The summed E-state index contributed by atoms with van der Waals surface area (Å²) < 4.78 is 23.7. The van der Waals surface area contributed by atoms with Gasteiger partial charge in [-0.3, -0.25) is 24.3 Å². The predicted octanol–water partition coefficient (Wildman–Crippen LogP) is 5.26. The van der Waals surface area contributed by atoms with Gasteiger partial charge in [-0.25, -0.2) is 0 Å². The average Bonchev–Trinajstić information content (AvgIpc) is 3.48. The molecule has 2 aromatic rings. The highest BCUT2D eigenvalue weighted by atomic mass is 16.7. The van der Waals surface area contributed by atoms with Gasteiger partial charge in [0.1, 0.15) is 23.4 Å². The number of ether oxygens (including phenoxy) is 4. The number of benzene rings is 2. The van der Waals surface area contributed by atoms with E-state index in [-0.39, 0.29) is 44.5 Å². The molecule has 2 fully saturated rings. The largest absolute Gasteiger partial charge is 0.507 e. The van der Waals surface area contributed by atoms with Crippen molar-refractivity contribution < 1.29 is 58.9 Å². The molecule has 1 amide bonds. The third-order valence-electron chi connectivity index (χ3n) is 13.3. The number of aliphatic hydroxyl groups excluding tert-OH is 2. The molecule has 0 spiro atoms. The van der Waals surface area contributed by atoms with Crippen LogP contribution in [0, 0.1) is 30.6 Å². The van der Waals surface area contributed by atoms with Crippen molar-refractivity contribution in [1.82, 2.24) is 9.91 Å². The van der Waals surface area contributed by atoms with Gasteiger partial charge in [-0.15, -0.1) is 0 Å². The third kappa shape index (κ3) is 8.87. The van der Waals surface area contributed by atoms with Crippen LogP contribution in [0.1, 0.15) is 89.2 Å². The number of carbonyl (C=O) groups is 3. The van der Waals surface area contributed by atoms with Crippen LogP contribution in [-0.4, -0.2) is 129 Å². The number of phenols is 3. The van der Waals surface area contributed by atoms with E-state index in [9.17, 15) is 39.9 Å². The fraction of sp³-hybridized carbons (Fsp3) is 0.565. The van der Waals surface area contributed by atoms with Crippen molar-refractivity contribution in [1.29, 1.82) is 0 Å². The smallest absolute Gasteiger partial charge is 0.312 e. The van der Waals surface area contributed by atoms with Crippen LogP contribution in [0.3, 0.4) is 0 Å². The minimum absolute atomic E-state index is 0.0623. The van der Waals surface area contributed by atoms with E-state index in [0.29, 0.717) is 19.1 Å². The summed E-state index contributed by atoms with van der Waals surface area (Å²) in [5.41, 5.74) is -0.298. The molecular weight excluding hydrogens is 801 g/mol. The lowest BCUT2D eigenvalue weighted by Gasteiger charge is -2.42. The molecule has 6 N–H and O–H groups in total. The van der Waals surface area contributed by atoms with Crippen molar-refractivity contribution in [2.24, 2.45) is 28.8 Å². The maximum Gasteiger partial charge on any atom is 0.312 e. The Hall–Kier alpha value is -5.16. The Bertz CT molecular complexity index is 2170. The Balaban J connectivity index is 1.48. The fourth-order valence-corrected chi connectivity index (χ4v) is 8.96. The monoisotopic (exact) mass is 862 g/mol. The number of allylic oxidation sites excluding steroid dienone is 2. The van der Waals surface area contributed by atoms with E-state index in [1.807, 2.05) is 5.01 Å². The summed E-state index contributed by atoms with van der Waals surface area (Å²) in [6, 6.07) is 0.572. The number of hydrogen-bond donors (Lipinski definition) is 6. The number of aliphatic hydroxyl groups is 2. The Morgan fingerprint density at radius 1 is 0.935 bits per heavy atom. The molecule has 9 atom stereocenters. The Labute approximate surface area is 362 Å². The molecule has 9 unspecified atom stereocenters. The first kappa shape index (κ1) is 46.3. The summed E-state index contributed by atoms with van der Waals surface area (Å²) in [6.07, 6.45) is 8.52. The van der Waals surface area contributed by atoms with Crippen LogP contribution in [0.25, 0.3) is 10.8 Å². The number of phenolic OH excluding ortho intramolecular Hbond substituents is 3. The number of hydrogen-bond acceptors (Lipinski definition) is 15. The lowest BCUT2D eigenvalue weighted by atomic mass is 9.78. The molecule has 62 heavy (non-hydrogen) atoms. The van der Waals surface area contributed by atoms with E-state index in [2.05, 4.69) is 15.3 Å². The molecule has 1 aliphatic carbocycles. The van der Waals surface area contributed by atoms with Crippen LogP contribution in [0.5, 0.6) is 23.0 Å². The van der Waals surface area contributed by atoms with Gasteiger partial charge in [0.05, 0.1) is 53.0 Å². The molecule has 5 aliphatic rings. The van der Waals surface area contributed by atoms with Gasteiger partial charge in [0, 0.05) is 93.4 Å². The molecule has 4 aliphatic heterocycles. The molecule has 2 aromatic carbocycles. The summed E-state index contributed by atoms with van der Waals surface area (Å²) in [5.74, 6) is -8.28. The van der Waals surface area contributed by atoms with Gasteiger partial charge in [0.15, 0.2) is 5.75 Å². The van der Waals surface area contributed by atoms with Crippen LogP contribution < -0.4 is 10.1 Å². The van der Waals surface area contributed by atoms with Gasteiger partial charge >= 0.3 is 11.8 Å². The summed E-state index contributed by atoms with van der Waals surface area (Å²) in [5, 5.41) is 67.4. The quantitative estimate of drug-likeness (QED) is 0.0979. The van der Waals surface area contributed by atoms with Crippen LogP contribution in [0.4, 0.5) is 5.69 Å². The lowest BCUT2D eigenvalue weighted by Crippen LogP contribution is -2.50. The zero-order valence-electron chi connectivity index (χ0n) is 37.0. The summed E-state index contributed by atoms with van der Waals surface area (Å²) >= 11 is 0. The number of nitrogens with zero attached hydrogens (tertiary/aromatic N) is 3. The number of ketones is 1. The van der Waals surface area contributed by atoms with Gasteiger partial charge < -0.3 is 49.8 Å². The van der Waals surface area contributed by atoms with Crippen LogP contribution in [0.15, 0.2) is 41.2 Å². The van der Waals surface area contributed by atoms with Crippen molar-refractivity contribution in [3.05, 3.63) is 52.8 Å². The molecule has 1 saturated carbocycles. The number of nitrogens with one attached hydrogen (secondary N) is 1. The SMILES string of the molecule is COC1/C=C/OC2(C)Oc3c(C)c(O)c4c(O)c(c(/C=N\N5CCN(C6CCC6)CC5)c(O)c4c3C2=O)NC(=O)/C(C)=C/C=C/C(C)C(O)C(C)C(O)C(C)C(OC(C)=O)C1C. The highest BCUT2D eigenvalue weighted by molar-refractivity contribution is 6.23. The summed E-state index contributed by atoms with van der Waals surface area (Å²) in [7, 11) is 1.44. The molecule has 338 valence electrons. The number of anilines is 1. The molecule has 0 radical (unpaired) electrons. The highest BCUT2D eigenvalue weighted by Crippen LogP contribution is 2.55. The molecule has 4 heterocycles. The van der Waals surface area contributed by atoms with E-state index in [1.165, 1.54) is 78.7 Å². The summed E-state index contributed by atoms with van der Waals surface area (Å²) in [4.78, 5) is 43.1. The maximum atomic E-state index is 14.5. The number of carbonyl (C=O) groups excluding carboxylic acids is 3. The van der Waals surface area contributed by atoms with Crippen molar-refractivity contribution in [2.45, 2.75) is 111 Å². The van der Waals surface area contributed by atoms with Gasteiger partial charge in [-0.1, -0.05) is 52.3 Å². The number of Topliss-reactive ketones (excluding diaryl/α,β-unsaturated/α-hetero) is 1. The zero-order chi connectivity index (χ0) is 45.4. The second-order valence-electron chi connectivity index (χ2n) is 17.4. The van der Waals surface area contributed by atoms with Gasteiger partial charge in [0.25, 0.3) is 11.7 Å². The molecular formula is C46H62N4O12. The number of hydrazone groups is 1. The number of aromatic hydroxyl groups is 3. The van der Waals surface area contributed by atoms with E-state index in [0.717, 1.165) is 13.1 Å². The maximum absolute atomic E-state index is 14.5. The molecule has 7 rings (SSSR count). The van der Waals surface area contributed by atoms with Gasteiger partial charge in [-0.05, 0) is 32.8 Å². The summed E-state index contributed by atoms with van der Waals surface area (Å²) in [6.45, 7) is 15.4. The molecule has 0 aromatic heterocycles. The van der Waals surface area contributed by atoms with E-state index in [4.69, 9.17) is 18.9 Å². The first-order valence-corrected chi connectivity index (χ1v) is 21.4. The number of esters is 1. The van der Waals surface area contributed by atoms with E-state index < -0.39 is 88.8 Å². The highest BCUT2D eigenvalue weighted by Gasteiger charge is 2.50. The van der Waals surface area contributed by atoms with Gasteiger partial charge in [0.2, 0.25) is 0 Å². The van der Waals surface area contributed by atoms with Crippen molar-refractivity contribution in [2.75, 3.05) is 38.6 Å². The number of fused-ring (bicyclic) bond motifs is 14. The van der Waals surface area contributed by atoms with Crippen LogP contribution in [0.2, 0.25) is 0 Å². The number of amides is 1. The second-order valence-corrected chi connectivity index (χ2v) is 17.4. The Kier molecular flexibility index (Phi) is 14.0.